The lowest BCUT2D eigenvalue weighted by Gasteiger charge is -2.35. The number of hydrogen-bond acceptors (Lipinski definition) is 2. The molecule has 2 heterocycles. The molecule has 1 N–H and O–H groups in total. The second kappa shape index (κ2) is 6.58. The maximum absolute atomic E-state index is 13.4. The normalized spacial score (nSPS) is 21.2. The van der Waals surface area contributed by atoms with Crippen LogP contribution in [-0.4, -0.2) is 34.1 Å². The Morgan fingerprint density at radius 3 is 2.72 bits per heavy atom. The van der Waals surface area contributed by atoms with Crippen LogP contribution < -0.4 is 0 Å². The highest BCUT2D eigenvalue weighted by Crippen LogP contribution is 2.31. The third kappa shape index (κ3) is 3.17. The molecule has 2 aliphatic rings. The Morgan fingerprint density at radius 1 is 1.16 bits per heavy atom. The number of hydrogen-bond donors (Lipinski definition) is 1. The van der Waals surface area contributed by atoms with Crippen LogP contribution in [-0.2, 0) is 17.6 Å². The van der Waals surface area contributed by atoms with Crippen LogP contribution in [0.25, 0.3) is 0 Å². The van der Waals surface area contributed by atoms with E-state index in [0.29, 0.717) is 13.1 Å². The fourth-order valence-corrected chi connectivity index (χ4v) is 4.08. The van der Waals surface area contributed by atoms with E-state index in [9.17, 15) is 13.6 Å². The van der Waals surface area contributed by atoms with Crippen molar-refractivity contribution in [1.29, 1.82) is 0 Å². The van der Waals surface area contributed by atoms with E-state index in [0.717, 1.165) is 43.4 Å². The maximum atomic E-state index is 13.4. The first-order valence-corrected chi connectivity index (χ1v) is 8.86. The van der Waals surface area contributed by atoms with E-state index in [1.54, 1.807) is 6.07 Å². The van der Waals surface area contributed by atoms with Crippen LogP contribution in [0.2, 0.25) is 0 Å². The van der Waals surface area contributed by atoms with Crippen molar-refractivity contribution in [2.75, 3.05) is 13.1 Å². The summed E-state index contributed by atoms with van der Waals surface area (Å²) in [5, 5.41) is 7.06. The van der Waals surface area contributed by atoms with Crippen molar-refractivity contribution in [3.63, 3.8) is 0 Å². The van der Waals surface area contributed by atoms with Gasteiger partial charge in [0.15, 0.2) is 11.6 Å². The van der Waals surface area contributed by atoms with E-state index >= 15 is 0 Å². The van der Waals surface area contributed by atoms with Crippen LogP contribution in [0.4, 0.5) is 8.78 Å². The van der Waals surface area contributed by atoms with E-state index in [-0.39, 0.29) is 17.7 Å². The minimum Gasteiger partial charge on any atom is -0.342 e. The predicted octanol–water partition coefficient (Wildman–Crippen LogP) is 3.20. The number of benzene rings is 1. The van der Waals surface area contributed by atoms with Gasteiger partial charge in [-0.1, -0.05) is 6.07 Å². The topological polar surface area (TPSA) is 49.0 Å². The second-order valence-corrected chi connectivity index (χ2v) is 7.09. The Morgan fingerprint density at radius 2 is 1.96 bits per heavy atom. The lowest BCUT2D eigenvalue weighted by atomic mass is 9.85. The summed E-state index contributed by atoms with van der Waals surface area (Å²) < 4.78 is 26.5. The van der Waals surface area contributed by atoms with Gasteiger partial charge in [-0.15, -0.1) is 0 Å². The molecule has 0 unspecified atom stereocenters. The highest BCUT2D eigenvalue weighted by atomic mass is 19.2. The number of rotatable bonds is 2. The number of aromatic nitrogens is 2. The Bertz CT molecular complexity index is 781. The van der Waals surface area contributed by atoms with Gasteiger partial charge in [-0.25, -0.2) is 8.78 Å². The van der Waals surface area contributed by atoms with Gasteiger partial charge in [0, 0.05) is 31.1 Å². The van der Waals surface area contributed by atoms with Gasteiger partial charge in [0.1, 0.15) is 0 Å². The lowest BCUT2D eigenvalue weighted by Crippen LogP contribution is -2.42. The molecule has 0 bridgehead atoms. The SMILES string of the molecule is O=C([C@@H]1CCc2cn[nH]c2C1)N1CCC(c2ccc(F)c(F)c2)CC1. The first kappa shape index (κ1) is 16.2. The van der Waals surface area contributed by atoms with Crippen molar-refractivity contribution in [2.24, 2.45) is 5.92 Å². The zero-order valence-corrected chi connectivity index (χ0v) is 14.0. The molecule has 1 fully saturated rings. The monoisotopic (exact) mass is 345 g/mol. The summed E-state index contributed by atoms with van der Waals surface area (Å²) in [4.78, 5) is 14.7. The van der Waals surface area contributed by atoms with E-state index < -0.39 is 11.6 Å². The van der Waals surface area contributed by atoms with Crippen LogP contribution in [0.15, 0.2) is 24.4 Å². The average molecular weight is 345 g/mol. The standard InChI is InChI=1S/C19H21F2N3O/c20-16-4-3-13(9-17(16)21)12-5-7-24(8-6-12)19(25)14-1-2-15-11-22-23-18(15)10-14/h3-4,9,11-12,14H,1-2,5-8,10H2,(H,22,23)/t14-/m1/s1. The van der Waals surface area contributed by atoms with Crippen molar-refractivity contribution in [3.05, 3.63) is 52.9 Å². The quantitative estimate of drug-likeness (QED) is 0.909. The second-order valence-electron chi connectivity index (χ2n) is 7.09. The molecule has 1 atom stereocenters. The van der Waals surface area contributed by atoms with Crippen LogP contribution in [0.3, 0.4) is 0 Å². The highest BCUT2D eigenvalue weighted by Gasteiger charge is 2.31. The number of carbonyl (C=O) groups is 1. The minimum atomic E-state index is -0.813. The largest absolute Gasteiger partial charge is 0.342 e. The van der Waals surface area contributed by atoms with E-state index in [4.69, 9.17) is 0 Å². The summed E-state index contributed by atoms with van der Waals surface area (Å²) in [5.74, 6) is -1.19. The van der Waals surface area contributed by atoms with E-state index in [1.165, 1.54) is 17.7 Å². The number of aromatic amines is 1. The molecule has 2 aromatic rings. The van der Waals surface area contributed by atoms with Crippen molar-refractivity contribution in [3.8, 4) is 0 Å². The van der Waals surface area contributed by atoms with Gasteiger partial charge in [0.25, 0.3) is 0 Å². The molecule has 1 aliphatic carbocycles. The number of aryl methyl sites for hydroxylation is 1. The number of H-pyrrole nitrogens is 1. The highest BCUT2D eigenvalue weighted by molar-refractivity contribution is 5.79. The summed E-state index contributed by atoms with van der Waals surface area (Å²) in [6, 6.07) is 4.13. The van der Waals surface area contributed by atoms with Gasteiger partial charge in [-0.05, 0) is 54.9 Å². The van der Waals surface area contributed by atoms with Crippen molar-refractivity contribution in [1.82, 2.24) is 15.1 Å². The van der Waals surface area contributed by atoms with Gasteiger partial charge in [-0.3, -0.25) is 9.89 Å². The van der Waals surface area contributed by atoms with Crippen LogP contribution in [0, 0.1) is 17.6 Å². The minimum absolute atomic E-state index is 0.0211. The summed E-state index contributed by atoms with van der Waals surface area (Å²) in [6.45, 7) is 1.35. The molecule has 25 heavy (non-hydrogen) atoms. The van der Waals surface area contributed by atoms with Crippen LogP contribution in [0.5, 0.6) is 0 Å². The molecule has 0 radical (unpaired) electrons. The molecule has 1 aromatic carbocycles. The average Bonchev–Trinajstić information content (AvgIpc) is 3.11. The first-order chi connectivity index (χ1) is 12.1. The number of likely N-dealkylation sites (tertiary alicyclic amines) is 1. The van der Waals surface area contributed by atoms with Crippen LogP contribution >= 0.6 is 0 Å². The Labute approximate surface area is 145 Å². The number of fused-ring (bicyclic) bond motifs is 1. The number of nitrogens with one attached hydrogen (secondary N) is 1. The van der Waals surface area contributed by atoms with Crippen molar-refractivity contribution < 1.29 is 13.6 Å². The number of piperidine rings is 1. The van der Waals surface area contributed by atoms with Crippen molar-refractivity contribution in [2.45, 2.75) is 38.0 Å². The van der Waals surface area contributed by atoms with Gasteiger partial charge in [0.2, 0.25) is 5.91 Å². The molecule has 1 aromatic heterocycles. The van der Waals surface area contributed by atoms with E-state index in [2.05, 4.69) is 10.2 Å². The Kier molecular flexibility index (Phi) is 4.27. The Balaban J connectivity index is 1.37. The van der Waals surface area contributed by atoms with Gasteiger partial charge in [-0.2, -0.15) is 5.10 Å². The zero-order chi connectivity index (χ0) is 17.4. The summed E-state index contributed by atoms with van der Waals surface area (Å²) >= 11 is 0. The Hall–Kier alpha value is -2.24. The lowest BCUT2D eigenvalue weighted by molar-refractivity contribution is -0.137. The van der Waals surface area contributed by atoms with Gasteiger partial charge < -0.3 is 4.90 Å². The molecule has 1 aliphatic heterocycles. The summed E-state index contributed by atoms with van der Waals surface area (Å²) in [5.41, 5.74) is 3.13. The third-order valence-corrected chi connectivity index (χ3v) is 5.59. The summed E-state index contributed by atoms with van der Waals surface area (Å²) in [7, 11) is 0. The molecule has 4 nitrogen and oxygen atoms in total. The number of amides is 1. The number of nitrogens with zero attached hydrogens (tertiary/aromatic N) is 2. The summed E-state index contributed by atoms with van der Waals surface area (Å²) in [6.07, 6.45) is 5.93. The third-order valence-electron chi connectivity index (χ3n) is 5.59. The van der Waals surface area contributed by atoms with E-state index in [1.807, 2.05) is 11.1 Å². The number of halogens is 2. The molecule has 1 saturated heterocycles. The van der Waals surface area contributed by atoms with Gasteiger partial charge >= 0.3 is 0 Å². The molecule has 0 spiro atoms. The molecular weight excluding hydrogens is 324 g/mol. The number of carbonyl (C=O) groups excluding carboxylic acids is 1. The molecule has 6 heteroatoms. The fraction of sp³-hybridized carbons (Fsp3) is 0.474. The maximum Gasteiger partial charge on any atom is 0.226 e. The smallest absolute Gasteiger partial charge is 0.226 e. The molecule has 1 amide bonds. The molecular formula is C19H21F2N3O. The molecule has 4 rings (SSSR count). The first-order valence-electron chi connectivity index (χ1n) is 8.86. The zero-order valence-electron chi connectivity index (χ0n) is 14.0. The predicted molar refractivity (Wildman–Crippen MR) is 89.0 cm³/mol. The van der Waals surface area contributed by atoms with Crippen molar-refractivity contribution >= 4 is 5.91 Å². The molecule has 0 saturated carbocycles. The van der Waals surface area contributed by atoms with Crippen LogP contribution in [0.1, 0.15) is 42.0 Å². The fourth-order valence-electron chi connectivity index (χ4n) is 4.08. The van der Waals surface area contributed by atoms with Gasteiger partial charge in [0.05, 0.1) is 6.20 Å². The molecule has 132 valence electrons.